The number of benzene rings is 1. The van der Waals surface area contributed by atoms with E-state index >= 15 is 0 Å². The zero-order valence-corrected chi connectivity index (χ0v) is 13.5. The van der Waals surface area contributed by atoms with Gasteiger partial charge in [0.15, 0.2) is 0 Å². The molecule has 1 unspecified atom stereocenters. The van der Waals surface area contributed by atoms with E-state index in [0.29, 0.717) is 17.5 Å². The van der Waals surface area contributed by atoms with Crippen LogP contribution in [0.15, 0.2) is 22.7 Å². The SMILES string of the molecule is CCn1nc(C)c(Br)c1CC(N)c1cccc(C)c1F. The maximum Gasteiger partial charge on any atom is 0.130 e. The minimum atomic E-state index is -0.382. The fourth-order valence-corrected chi connectivity index (χ4v) is 2.78. The first-order valence-corrected chi connectivity index (χ1v) is 7.47. The summed E-state index contributed by atoms with van der Waals surface area (Å²) in [4.78, 5) is 0. The molecule has 0 fully saturated rings. The van der Waals surface area contributed by atoms with Crippen molar-refractivity contribution in [2.24, 2.45) is 5.73 Å². The Kier molecular flexibility index (Phi) is 4.60. The van der Waals surface area contributed by atoms with E-state index in [1.165, 1.54) is 0 Å². The van der Waals surface area contributed by atoms with Crippen LogP contribution in [0.5, 0.6) is 0 Å². The maximum absolute atomic E-state index is 14.1. The summed E-state index contributed by atoms with van der Waals surface area (Å²) in [5.74, 6) is -0.213. The molecule has 5 heteroatoms. The Morgan fingerprint density at radius 3 is 2.75 bits per heavy atom. The third-order valence-electron chi connectivity index (χ3n) is 3.49. The van der Waals surface area contributed by atoms with Crippen molar-refractivity contribution in [3.05, 3.63) is 51.0 Å². The zero-order valence-electron chi connectivity index (χ0n) is 12.0. The average molecular weight is 340 g/mol. The number of halogens is 2. The van der Waals surface area contributed by atoms with Gasteiger partial charge >= 0.3 is 0 Å². The molecule has 0 aliphatic carbocycles. The van der Waals surface area contributed by atoms with E-state index in [1.807, 2.05) is 24.6 Å². The topological polar surface area (TPSA) is 43.8 Å². The smallest absolute Gasteiger partial charge is 0.130 e. The molecule has 2 aromatic rings. The largest absolute Gasteiger partial charge is 0.324 e. The summed E-state index contributed by atoms with van der Waals surface area (Å²) >= 11 is 3.54. The first-order chi connectivity index (χ1) is 9.45. The van der Waals surface area contributed by atoms with Crippen LogP contribution >= 0.6 is 15.9 Å². The van der Waals surface area contributed by atoms with Crippen LogP contribution in [-0.4, -0.2) is 9.78 Å². The molecular formula is C15H19BrFN3. The molecule has 1 aromatic carbocycles. The highest BCUT2D eigenvalue weighted by Crippen LogP contribution is 2.27. The predicted molar refractivity (Wildman–Crippen MR) is 82.1 cm³/mol. The van der Waals surface area contributed by atoms with Gasteiger partial charge < -0.3 is 5.73 Å². The summed E-state index contributed by atoms with van der Waals surface area (Å²) in [6.07, 6.45) is 0.551. The summed E-state index contributed by atoms with van der Waals surface area (Å²) in [6.45, 7) is 6.49. The number of aromatic nitrogens is 2. The highest BCUT2D eigenvalue weighted by atomic mass is 79.9. The maximum atomic E-state index is 14.1. The van der Waals surface area contributed by atoms with E-state index in [1.54, 1.807) is 19.1 Å². The van der Waals surface area contributed by atoms with Crippen molar-refractivity contribution in [2.45, 2.75) is 39.8 Å². The summed E-state index contributed by atoms with van der Waals surface area (Å²) < 4.78 is 17.0. The number of nitrogens with two attached hydrogens (primary N) is 1. The van der Waals surface area contributed by atoms with Crippen LogP contribution in [0.3, 0.4) is 0 Å². The second-order valence-electron chi connectivity index (χ2n) is 4.95. The molecule has 0 aliphatic rings. The quantitative estimate of drug-likeness (QED) is 0.923. The molecule has 108 valence electrons. The van der Waals surface area contributed by atoms with Gasteiger partial charge in [0.05, 0.1) is 15.9 Å². The van der Waals surface area contributed by atoms with Crippen molar-refractivity contribution in [1.29, 1.82) is 0 Å². The number of rotatable bonds is 4. The highest BCUT2D eigenvalue weighted by Gasteiger charge is 2.19. The minimum Gasteiger partial charge on any atom is -0.324 e. The number of hydrogen-bond acceptors (Lipinski definition) is 2. The molecule has 0 bridgehead atoms. The van der Waals surface area contributed by atoms with E-state index < -0.39 is 0 Å². The first-order valence-electron chi connectivity index (χ1n) is 6.68. The Hall–Kier alpha value is -1.20. The Balaban J connectivity index is 2.32. The molecule has 1 aromatic heterocycles. The lowest BCUT2D eigenvalue weighted by Gasteiger charge is -2.15. The predicted octanol–water partition coefficient (Wildman–Crippen LogP) is 3.66. The fourth-order valence-electron chi connectivity index (χ4n) is 2.34. The normalized spacial score (nSPS) is 12.7. The van der Waals surface area contributed by atoms with Gasteiger partial charge in [-0.15, -0.1) is 0 Å². The molecule has 3 nitrogen and oxygen atoms in total. The molecule has 0 saturated heterocycles. The van der Waals surface area contributed by atoms with Gasteiger partial charge in [-0.05, 0) is 42.3 Å². The molecule has 2 N–H and O–H groups in total. The Morgan fingerprint density at radius 2 is 2.10 bits per heavy atom. The van der Waals surface area contributed by atoms with E-state index in [4.69, 9.17) is 5.73 Å². The summed E-state index contributed by atoms with van der Waals surface area (Å²) in [5.41, 5.74) is 9.31. The van der Waals surface area contributed by atoms with Crippen LogP contribution in [0.4, 0.5) is 4.39 Å². The third kappa shape index (κ3) is 2.79. The second-order valence-corrected chi connectivity index (χ2v) is 5.74. The van der Waals surface area contributed by atoms with Crippen LogP contribution in [0.1, 0.15) is 35.5 Å². The third-order valence-corrected chi connectivity index (χ3v) is 4.52. The van der Waals surface area contributed by atoms with Gasteiger partial charge in [0.25, 0.3) is 0 Å². The van der Waals surface area contributed by atoms with Gasteiger partial charge in [-0.25, -0.2) is 4.39 Å². The summed E-state index contributed by atoms with van der Waals surface area (Å²) in [6, 6.07) is 4.96. The second kappa shape index (κ2) is 6.06. The minimum absolute atomic E-state index is 0.213. The molecule has 20 heavy (non-hydrogen) atoms. The van der Waals surface area contributed by atoms with Gasteiger partial charge in [-0.3, -0.25) is 4.68 Å². The number of aryl methyl sites for hydroxylation is 3. The molecule has 0 spiro atoms. The monoisotopic (exact) mass is 339 g/mol. The summed E-state index contributed by atoms with van der Waals surface area (Å²) in [7, 11) is 0. The van der Waals surface area contributed by atoms with Crippen LogP contribution in [0, 0.1) is 19.7 Å². The van der Waals surface area contributed by atoms with Crippen LogP contribution in [-0.2, 0) is 13.0 Å². The molecule has 1 heterocycles. The van der Waals surface area contributed by atoms with Gasteiger partial charge in [-0.1, -0.05) is 18.2 Å². The van der Waals surface area contributed by atoms with Crippen molar-refractivity contribution in [2.75, 3.05) is 0 Å². The molecule has 0 radical (unpaired) electrons. The van der Waals surface area contributed by atoms with Crippen molar-refractivity contribution in [3.63, 3.8) is 0 Å². The molecule has 0 saturated carbocycles. The highest BCUT2D eigenvalue weighted by molar-refractivity contribution is 9.10. The van der Waals surface area contributed by atoms with E-state index in [-0.39, 0.29) is 11.9 Å². The van der Waals surface area contributed by atoms with Crippen LogP contribution in [0.25, 0.3) is 0 Å². The van der Waals surface area contributed by atoms with Gasteiger partial charge in [0, 0.05) is 24.6 Å². The fraction of sp³-hybridized carbons (Fsp3) is 0.400. The van der Waals surface area contributed by atoms with E-state index in [0.717, 1.165) is 22.4 Å². The lowest BCUT2D eigenvalue weighted by atomic mass is 10.00. The van der Waals surface area contributed by atoms with Crippen molar-refractivity contribution < 1.29 is 4.39 Å². The lowest BCUT2D eigenvalue weighted by molar-refractivity contribution is 0.550. The molecule has 2 rings (SSSR count). The van der Waals surface area contributed by atoms with Crippen molar-refractivity contribution in [1.82, 2.24) is 9.78 Å². The Morgan fingerprint density at radius 1 is 1.40 bits per heavy atom. The zero-order chi connectivity index (χ0) is 14.9. The van der Waals surface area contributed by atoms with Crippen molar-refractivity contribution >= 4 is 15.9 Å². The van der Waals surface area contributed by atoms with Gasteiger partial charge in [-0.2, -0.15) is 5.10 Å². The van der Waals surface area contributed by atoms with Crippen molar-refractivity contribution in [3.8, 4) is 0 Å². The molecule has 1 atom stereocenters. The van der Waals surface area contributed by atoms with E-state index in [9.17, 15) is 4.39 Å². The summed E-state index contributed by atoms with van der Waals surface area (Å²) in [5, 5.41) is 4.44. The molecule has 0 aliphatic heterocycles. The molecule has 0 amide bonds. The Bertz CT molecular complexity index is 622. The number of nitrogens with zero attached hydrogens (tertiary/aromatic N) is 2. The standard InChI is InChI=1S/C15H19BrFN3/c1-4-20-13(14(16)10(3)19-20)8-12(18)11-7-5-6-9(2)15(11)17/h5-7,12H,4,8,18H2,1-3H3. The molecular weight excluding hydrogens is 321 g/mol. The van der Waals surface area contributed by atoms with Crippen LogP contribution < -0.4 is 5.73 Å². The van der Waals surface area contributed by atoms with Gasteiger partial charge in [0.2, 0.25) is 0 Å². The van der Waals surface area contributed by atoms with E-state index in [2.05, 4.69) is 21.0 Å². The van der Waals surface area contributed by atoms with Gasteiger partial charge in [0.1, 0.15) is 5.82 Å². The first kappa shape index (κ1) is 15.2. The Labute approximate surface area is 127 Å². The number of hydrogen-bond donors (Lipinski definition) is 1. The average Bonchev–Trinajstić information content (AvgIpc) is 2.69. The van der Waals surface area contributed by atoms with Crippen LogP contribution in [0.2, 0.25) is 0 Å². The lowest BCUT2D eigenvalue weighted by Crippen LogP contribution is -2.18.